The molecule has 3 N–H and O–H groups in total. The topological polar surface area (TPSA) is 156 Å². The second-order valence-electron chi connectivity index (χ2n) is 18.6. The highest BCUT2D eigenvalue weighted by atomic mass is 35.5. The maximum absolute atomic E-state index is 15.2. The van der Waals surface area contributed by atoms with Crippen molar-refractivity contribution in [1.82, 2.24) is 25.1 Å². The lowest BCUT2D eigenvalue weighted by molar-refractivity contribution is -0.134. The van der Waals surface area contributed by atoms with E-state index in [1.807, 2.05) is 30.3 Å². The Kier molecular flexibility index (Phi) is 12.7. The number of sulfonamides is 1. The van der Waals surface area contributed by atoms with E-state index in [0.717, 1.165) is 114 Å². The van der Waals surface area contributed by atoms with Gasteiger partial charge in [0.25, 0.3) is 0 Å². The van der Waals surface area contributed by atoms with Crippen LogP contribution in [0.1, 0.15) is 67.6 Å². The lowest BCUT2D eigenvalue weighted by Gasteiger charge is -2.44. The molecule has 1 atom stereocenters. The summed E-state index contributed by atoms with van der Waals surface area (Å²) >= 11 is 6.57. The molecule has 4 aromatic rings. The fraction of sp³-hybridized carbons (Fsp3) is 0.500. The molecule has 7 heterocycles. The third-order valence-electron chi connectivity index (χ3n) is 14.6. The predicted molar refractivity (Wildman–Crippen MR) is 256 cm³/mol. The molecule has 0 aliphatic carbocycles. The first-order valence-corrected chi connectivity index (χ1v) is 25.7. The van der Waals surface area contributed by atoms with E-state index in [4.69, 9.17) is 21.3 Å². The van der Waals surface area contributed by atoms with Crippen molar-refractivity contribution in [2.45, 2.75) is 69.7 Å². The summed E-state index contributed by atoms with van der Waals surface area (Å²) in [6, 6.07) is 15.7. The molecule has 4 saturated heterocycles. The Bertz CT molecular complexity index is 2600. The van der Waals surface area contributed by atoms with Gasteiger partial charge in [-0.05, 0) is 93.3 Å². The minimum absolute atomic E-state index is 0.236. The molecule has 2 amide bonds. The van der Waals surface area contributed by atoms with Gasteiger partial charge in [-0.1, -0.05) is 29.8 Å². The number of para-hydroxylation sites is 1. The molecule has 6 aliphatic heterocycles. The van der Waals surface area contributed by atoms with E-state index >= 15 is 4.39 Å². The zero-order valence-corrected chi connectivity index (χ0v) is 39.0. The highest BCUT2D eigenvalue weighted by Crippen LogP contribution is 2.43. The standard InChI is InChI=1S/C48H58ClFN10O5S/c1-66(63,64)60-23-14-32-3-2-4-40(44(32)60)52-46-38(49)30-51-48(55-46)53-41-8-9-42(37-17-28-65-45(37)41)59-21-15-33(16-22-59)58-26-24-56(25-27-58)18-11-31-12-19-57(20-13-31)34-5-6-35(39(50)29-34)36-7-10-43(61)54-47(36)62/h2-6,8-9,29-31,33,36H,7,10-28H2,1H3,(H,54,61,62)(H2,51,52,53,55). The fourth-order valence-electron chi connectivity index (χ4n) is 10.9. The highest BCUT2D eigenvalue weighted by molar-refractivity contribution is 7.92. The van der Waals surface area contributed by atoms with Crippen molar-refractivity contribution in [2.24, 2.45) is 5.92 Å². The highest BCUT2D eigenvalue weighted by Gasteiger charge is 2.34. The summed E-state index contributed by atoms with van der Waals surface area (Å²) < 4.78 is 48.0. The first-order chi connectivity index (χ1) is 31.9. The van der Waals surface area contributed by atoms with E-state index in [1.165, 1.54) is 34.4 Å². The number of benzene rings is 3. The Balaban J connectivity index is 0.682. The summed E-state index contributed by atoms with van der Waals surface area (Å²) in [4.78, 5) is 43.1. The zero-order valence-electron chi connectivity index (χ0n) is 37.4. The SMILES string of the molecule is CS(=O)(=O)N1CCc2cccc(Nc3nc(Nc4ccc(N5CCC(N6CCN(CCC7CCN(c8ccc(C9CCC(=O)NC9=O)c(F)c8)CC7)CC6)CC5)c5c4OCC5)ncc3Cl)c21. The van der Waals surface area contributed by atoms with Crippen LogP contribution in [0.4, 0.5) is 44.6 Å². The molecule has 4 fully saturated rings. The van der Waals surface area contributed by atoms with Crippen LogP contribution in [0.25, 0.3) is 0 Å². The van der Waals surface area contributed by atoms with Crippen molar-refractivity contribution in [3.63, 3.8) is 0 Å². The summed E-state index contributed by atoms with van der Waals surface area (Å²) in [5.41, 5.74) is 6.61. The maximum atomic E-state index is 15.2. The summed E-state index contributed by atoms with van der Waals surface area (Å²) in [5.74, 6) is 0.505. The smallest absolute Gasteiger partial charge is 0.234 e. The molecule has 18 heteroatoms. The van der Waals surface area contributed by atoms with Crippen LogP contribution in [0.2, 0.25) is 5.02 Å². The molecule has 3 aromatic carbocycles. The molecule has 350 valence electrons. The number of ether oxygens (including phenoxy) is 1. The van der Waals surface area contributed by atoms with Crippen LogP contribution < -0.4 is 34.8 Å². The van der Waals surface area contributed by atoms with Gasteiger partial charge in [-0.3, -0.25) is 24.1 Å². The van der Waals surface area contributed by atoms with E-state index in [2.05, 4.69) is 46.6 Å². The largest absolute Gasteiger partial charge is 0.491 e. The van der Waals surface area contributed by atoms with Crippen molar-refractivity contribution < 1.29 is 27.1 Å². The van der Waals surface area contributed by atoms with Crippen LogP contribution in [0.15, 0.2) is 54.7 Å². The second kappa shape index (κ2) is 18.8. The molecule has 10 rings (SSSR count). The molecule has 0 bridgehead atoms. The Labute approximate surface area is 391 Å². The number of hydrogen-bond donors (Lipinski definition) is 3. The van der Waals surface area contributed by atoms with Gasteiger partial charge >= 0.3 is 0 Å². The Morgan fingerprint density at radius 2 is 1.65 bits per heavy atom. The molecule has 0 saturated carbocycles. The van der Waals surface area contributed by atoms with Crippen molar-refractivity contribution in [1.29, 1.82) is 0 Å². The number of halogens is 2. The van der Waals surface area contributed by atoms with E-state index in [1.54, 1.807) is 12.1 Å². The van der Waals surface area contributed by atoms with E-state index < -0.39 is 21.8 Å². The summed E-state index contributed by atoms with van der Waals surface area (Å²) in [6.45, 7) is 10.3. The van der Waals surface area contributed by atoms with Gasteiger partial charge in [-0.2, -0.15) is 4.98 Å². The number of aromatic nitrogens is 2. The van der Waals surface area contributed by atoms with E-state index in [-0.39, 0.29) is 18.1 Å². The first kappa shape index (κ1) is 44.6. The summed E-state index contributed by atoms with van der Waals surface area (Å²) in [5, 5.41) is 9.29. The average molecular weight is 942 g/mol. The van der Waals surface area contributed by atoms with Gasteiger partial charge < -0.3 is 30.1 Å². The third-order valence-corrected chi connectivity index (χ3v) is 16.0. The van der Waals surface area contributed by atoms with Crippen molar-refractivity contribution in [3.05, 3.63) is 82.3 Å². The van der Waals surface area contributed by atoms with Crippen molar-refractivity contribution in [2.75, 3.05) is 103 Å². The lowest BCUT2D eigenvalue weighted by atomic mass is 9.89. The van der Waals surface area contributed by atoms with Crippen LogP contribution in [0.3, 0.4) is 0 Å². The minimum Gasteiger partial charge on any atom is -0.491 e. The van der Waals surface area contributed by atoms with Crippen LogP contribution in [0, 0.1) is 11.7 Å². The number of anilines is 7. The zero-order chi connectivity index (χ0) is 45.5. The Morgan fingerprint density at radius 1 is 0.864 bits per heavy atom. The van der Waals surface area contributed by atoms with Crippen LogP contribution >= 0.6 is 11.6 Å². The number of hydrogen-bond acceptors (Lipinski definition) is 13. The number of rotatable bonds is 12. The molecule has 6 aliphatic rings. The Hall–Kier alpha value is -5.23. The lowest BCUT2D eigenvalue weighted by Crippen LogP contribution is -2.53. The molecule has 0 radical (unpaired) electrons. The molecule has 1 unspecified atom stereocenters. The molecule has 66 heavy (non-hydrogen) atoms. The summed E-state index contributed by atoms with van der Waals surface area (Å²) in [7, 11) is -3.46. The first-order valence-electron chi connectivity index (χ1n) is 23.5. The second-order valence-corrected chi connectivity index (χ2v) is 20.9. The third kappa shape index (κ3) is 9.36. The molecular weight excluding hydrogens is 883 g/mol. The quantitative estimate of drug-likeness (QED) is 0.134. The van der Waals surface area contributed by atoms with Crippen LogP contribution in [0.5, 0.6) is 5.75 Å². The van der Waals surface area contributed by atoms with Gasteiger partial charge in [0.1, 0.15) is 16.6 Å². The van der Waals surface area contributed by atoms with E-state index in [9.17, 15) is 18.0 Å². The fourth-order valence-corrected chi connectivity index (χ4v) is 12.1. The van der Waals surface area contributed by atoms with Gasteiger partial charge in [-0.25, -0.2) is 17.8 Å². The Morgan fingerprint density at radius 3 is 2.41 bits per heavy atom. The normalized spacial score (nSPS) is 21.1. The number of fused-ring (bicyclic) bond motifs is 2. The van der Waals surface area contributed by atoms with Gasteiger partial charge in [0.15, 0.2) is 5.82 Å². The number of nitrogens with one attached hydrogen (secondary N) is 3. The minimum atomic E-state index is -3.46. The number of piperazine rings is 1. The van der Waals surface area contributed by atoms with Crippen molar-refractivity contribution in [3.8, 4) is 5.75 Å². The van der Waals surface area contributed by atoms with Gasteiger partial charge in [0.2, 0.25) is 27.8 Å². The number of nitrogens with zero attached hydrogens (tertiary/aromatic N) is 7. The molecular formula is C48H58ClFN10O5S. The van der Waals surface area contributed by atoms with Crippen LogP contribution in [-0.2, 0) is 32.5 Å². The van der Waals surface area contributed by atoms with Gasteiger partial charge in [0.05, 0.1) is 42.0 Å². The van der Waals surface area contributed by atoms with Crippen LogP contribution in [-0.4, -0.2) is 124 Å². The van der Waals surface area contributed by atoms with E-state index in [0.29, 0.717) is 71.7 Å². The molecule has 15 nitrogen and oxygen atoms in total. The molecule has 1 aromatic heterocycles. The number of carbonyl (C=O) groups excluding carboxylic acids is 2. The number of imide groups is 1. The number of piperidine rings is 3. The molecule has 0 spiro atoms. The number of amides is 2. The van der Waals surface area contributed by atoms with Gasteiger partial charge in [-0.15, -0.1) is 0 Å². The maximum Gasteiger partial charge on any atom is 0.234 e. The predicted octanol–water partition coefficient (Wildman–Crippen LogP) is 6.43. The summed E-state index contributed by atoms with van der Waals surface area (Å²) in [6.07, 6.45) is 10.4. The monoisotopic (exact) mass is 940 g/mol. The average Bonchev–Trinajstić information content (AvgIpc) is 4.00. The van der Waals surface area contributed by atoms with Gasteiger partial charge in [0, 0.05) is 100 Å². The number of carbonyl (C=O) groups is 2. The van der Waals surface area contributed by atoms with Crippen molar-refractivity contribution >= 4 is 73.6 Å².